The highest BCUT2D eigenvalue weighted by atomic mass is 16.6. The summed E-state index contributed by atoms with van der Waals surface area (Å²) in [6.45, 7) is 3.22. The molecular formula is C50H66O7. The van der Waals surface area contributed by atoms with Crippen LogP contribution in [-0.4, -0.2) is 47.7 Å². The molecule has 0 aliphatic heterocycles. The number of ether oxygens (including phenoxy) is 5. The van der Waals surface area contributed by atoms with Gasteiger partial charge in [0.15, 0.2) is 6.10 Å². The van der Waals surface area contributed by atoms with Crippen molar-refractivity contribution in [2.45, 2.75) is 160 Å². The molecule has 1 fully saturated rings. The quantitative estimate of drug-likeness (QED) is 0.0477. The molecule has 0 spiro atoms. The number of esters is 1. The summed E-state index contributed by atoms with van der Waals surface area (Å²) < 4.78 is 32.9. The lowest BCUT2D eigenvalue weighted by Crippen LogP contribution is -2.67. The molecule has 57 heavy (non-hydrogen) atoms. The summed E-state index contributed by atoms with van der Waals surface area (Å²) in [4.78, 5) is 13.8. The Bertz CT molecular complexity index is 1600. The smallest absolute Gasteiger partial charge is 0.306 e. The Kier molecular flexibility index (Phi) is 20.4. The zero-order valence-corrected chi connectivity index (χ0v) is 34.1. The van der Waals surface area contributed by atoms with E-state index >= 15 is 0 Å². The van der Waals surface area contributed by atoms with E-state index in [4.69, 9.17) is 23.7 Å². The molecule has 5 rings (SSSR count). The molecule has 308 valence electrons. The third-order valence-electron chi connectivity index (χ3n) is 10.9. The van der Waals surface area contributed by atoms with E-state index in [9.17, 15) is 9.90 Å². The van der Waals surface area contributed by atoms with Crippen LogP contribution in [0.5, 0.6) is 0 Å². The average Bonchev–Trinajstić information content (AvgIpc) is 3.25. The van der Waals surface area contributed by atoms with Gasteiger partial charge in [0.25, 0.3) is 0 Å². The Morgan fingerprint density at radius 1 is 0.421 bits per heavy atom. The highest BCUT2D eigenvalue weighted by Gasteiger charge is 2.55. The van der Waals surface area contributed by atoms with E-state index in [1.165, 1.54) is 64.2 Å². The first-order valence-electron chi connectivity index (χ1n) is 21.6. The lowest BCUT2D eigenvalue weighted by molar-refractivity contribution is -0.277. The monoisotopic (exact) mass is 778 g/mol. The second-order valence-electron chi connectivity index (χ2n) is 15.5. The van der Waals surface area contributed by atoms with Crippen molar-refractivity contribution in [3.05, 3.63) is 144 Å². The Morgan fingerprint density at radius 2 is 0.719 bits per heavy atom. The average molecular weight is 779 g/mol. The Hall–Kier alpha value is -3.85. The molecule has 1 aliphatic rings. The van der Waals surface area contributed by atoms with Gasteiger partial charge in [0.1, 0.15) is 30.5 Å². The van der Waals surface area contributed by atoms with Crippen LogP contribution in [0.25, 0.3) is 0 Å². The fourth-order valence-corrected chi connectivity index (χ4v) is 7.60. The van der Waals surface area contributed by atoms with Crippen LogP contribution in [0.3, 0.4) is 0 Å². The van der Waals surface area contributed by atoms with Gasteiger partial charge in [-0.2, -0.15) is 0 Å². The molecule has 0 radical (unpaired) electrons. The van der Waals surface area contributed by atoms with Gasteiger partial charge in [-0.15, -0.1) is 0 Å². The summed E-state index contributed by atoms with van der Waals surface area (Å²) in [5.74, 6) is -0.331. The summed E-state index contributed by atoms with van der Waals surface area (Å²) in [5.41, 5.74) is 3.83. The van der Waals surface area contributed by atoms with Crippen LogP contribution >= 0.6 is 0 Å². The third kappa shape index (κ3) is 15.8. The maximum atomic E-state index is 13.8. The van der Waals surface area contributed by atoms with E-state index in [2.05, 4.69) is 6.92 Å². The SMILES string of the molecule is CCCCCCCCCCCCCCCC(=O)O[C@@H]1[C@@H](OCc2ccccc2)[C@H](OCc2ccccc2)[C@@H](OCc2ccccc2)[C@@H](O)[C@H]1OCc1ccccc1. The molecule has 1 aliphatic carbocycles. The maximum Gasteiger partial charge on any atom is 0.306 e. The van der Waals surface area contributed by atoms with Crippen LogP contribution in [0.15, 0.2) is 121 Å². The lowest BCUT2D eigenvalue weighted by Gasteiger charge is -2.48. The molecule has 1 saturated carbocycles. The molecule has 4 aromatic rings. The van der Waals surface area contributed by atoms with Crippen molar-refractivity contribution < 1.29 is 33.6 Å². The summed E-state index contributed by atoms with van der Waals surface area (Å²) in [6.07, 6.45) is 10.7. The van der Waals surface area contributed by atoms with E-state index in [1.54, 1.807) is 0 Å². The fraction of sp³-hybridized carbons (Fsp3) is 0.500. The number of benzene rings is 4. The first-order chi connectivity index (χ1) is 28.1. The van der Waals surface area contributed by atoms with Crippen molar-refractivity contribution in [3.63, 3.8) is 0 Å². The topological polar surface area (TPSA) is 83.5 Å². The van der Waals surface area contributed by atoms with Crippen molar-refractivity contribution in [1.29, 1.82) is 0 Å². The molecule has 4 aromatic carbocycles. The summed E-state index contributed by atoms with van der Waals surface area (Å²) >= 11 is 0. The predicted molar refractivity (Wildman–Crippen MR) is 226 cm³/mol. The molecule has 0 amide bonds. The van der Waals surface area contributed by atoms with Crippen molar-refractivity contribution >= 4 is 5.97 Å². The Labute approximate surface area is 342 Å². The zero-order chi connectivity index (χ0) is 39.8. The largest absolute Gasteiger partial charge is 0.457 e. The minimum absolute atomic E-state index is 0.210. The van der Waals surface area contributed by atoms with Crippen LogP contribution in [-0.2, 0) is 54.9 Å². The molecule has 7 nitrogen and oxygen atoms in total. The molecule has 1 N–H and O–H groups in total. The minimum atomic E-state index is -1.19. The number of carbonyl (C=O) groups excluding carboxylic acids is 1. The minimum Gasteiger partial charge on any atom is -0.457 e. The second-order valence-corrected chi connectivity index (χ2v) is 15.5. The van der Waals surface area contributed by atoms with E-state index in [1.807, 2.05) is 121 Å². The summed E-state index contributed by atoms with van der Waals surface area (Å²) in [7, 11) is 0. The zero-order valence-electron chi connectivity index (χ0n) is 34.1. The molecule has 0 aromatic heterocycles. The van der Waals surface area contributed by atoms with Gasteiger partial charge in [0.05, 0.1) is 26.4 Å². The van der Waals surface area contributed by atoms with E-state index in [0.717, 1.165) is 41.5 Å². The summed E-state index contributed by atoms with van der Waals surface area (Å²) in [6, 6.07) is 39.5. The van der Waals surface area contributed by atoms with Gasteiger partial charge in [0, 0.05) is 6.42 Å². The standard InChI is InChI=1S/C50H66O7/c1-2-3-4-5-6-7-8-9-10-11-12-13-26-35-44(51)57-50-47(54-37-41-29-20-15-21-30-41)45(52)46(53-36-40-27-18-14-19-28-40)48(55-38-42-31-22-16-23-32-42)49(50)56-39-43-33-24-17-25-34-43/h14-25,27-34,45-50,52H,2-13,26,35-39H2,1H3/t45-,46+,47-,48-,49+,50+/m1/s1. The van der Waals surface area contributed by atoms with Crippen LogP contribution < -0.4 is 0 Å². The number of carbonyl (C=O) groups is 1. The van der Waals surface area contributed by atoms with Crippen LogP contribution in [0, 0.1) is 0 Å². The number of aliphatic hydroxyl groups excluding tert-OH is 1. The normalized spacial score (nSPS) is 20.7. The molecule has 7 heteroatoms. The van der Waals surface area contributed by atoms with Crippen molar-refractivity contribution in [3.8, 4) is 0 Å². The molecular weight excluding hydrogens is 713 g/mol. The van der Waals surface area contributed by atoms with Gasteiger partial charge in [-0.1, -0.05) is 205 Å². The first-order valence-corrected chi connectivity index (χ1v) is 21.6. The number of hydrogen-bond acceptors (Lipinski definition) is 7. The Balaban J connectivity index is 1.30. The third-order valence-corrected chi connectivity index (χ3v) is 10.9. The number of rotatable bonds is 27. The van der Waals surface area contributed by atoms with E-state index in [-0.39, 0.29) is 38.8 Å². The molecule has 0 saturated heterocycles. The van der Waals surface area contributed by atoms with Crippen LogP contribution in [0.1, 0.15) is 119 Å². The van der Waals surface area contributed by atoms with Gasteiger partial charge in [0.2, 0.25) is 0 Å². The van der Waals surface area contributed by atoms with Gasteiger partial charge in [-0.3, -0.25) is 4.79 Å². The van der Waals surface area contributed by atoms with Gasteiger partial charge < -0.3 is 28.8 Å². The predicted octanol–water partition coefficient (Wildman–Crippen LogP) is 11.1. The van der Waals surface area contributed by atoms with Gasteiger partial charge >= 0.3 is 5.97 Å². The maximum absolute atomic E-state index is 13.8. The molecule has 0 unspecified atom stereocenters. The second kappa shape index (κ2) is 26.2. The molecule has 0 heterocycles. The van der Waals surface area contributed by atoms with Crippen molar-refractivity contribution in [1.82, 2.24) is 0 Å². The number of aliphatic hydroxyl groups is 1. The van der Waals surface area contributed by atoms with Gasteiger partial charge in [-0.05, 0) is 28.7 Å². The number of hydrogen-bond donors (Lipinski definition) is 1. The first kappa shape index (κ1) is 44.3. The highest BCUT2D eigenvalue weighted by molar-refractivity contribution is 5.69. The molecule has 0 bridgehead atoms. The highest BCUT2D eigenvalue weighted by Crippen LogP contribution is 2.35. The van der Waals surface area contributed by atoms with Gasteiger partial charge in [-0.25, -0.2) is 0 Å². The number of unbranched alkanes of at least 4 members (excludes halogenated alkanes) is 12. The van der Waals surface area contributed by atoms with Crippen molar-refractivity contribution in [2.24, 2.45) is 0 Å². The van der Waals surface area contributed by atoms with E-state index < -0.39 is 36.6 Å². The molecule has 6 atom stereocenters. The van der Waals surface area contributed by atoms with Crippen molar-refractivity contribution in [2.75, 3.05) is 0 Å². The summed E-state index contributed by atoms with van der Waals surface area (Å²) in [5, 5.41) is 12.3. The van der Waals surface area contributed by atoms with Crippen LogP contribution in [0.4, 0.5) is 0 Å². The lowest BCUT2D eigenvalue weighted by atomic mass is 9.83. The van der Waals surface area contributed by atoms with Crippen LogP contribution in [0.2, 0.25) is 0 Å². The Morgan fingerprint density at radius 3 is 1.09 bits per heavy atom. The van der Waals surface area contributed by atoms with E-state index in [0.29, 0.717) is 0 Å². The fourth-order valence-electron chi connectivity index (χ4n) is 7.60.